The van der Waals surface area contributed by atoms with E-state index in [0.29, 0.717) is 0 Å². The largest absolute Gasteiger partial charge is 0.389 e. The van der Waals surface area contributed by atoms with E-state index in [0.717, 1.165) is 44.5 Å². The van der Waals surface area contributed by atoms with Crippen molar-refractivity contribution in [3.63, 3.8) is 0 Å². The molecule has 1 heterocycles. The molecule has 0 radical (unpaired) electrons. The van der Waals surface area contributed by atoms with Crippen LogP contribution in [-0.4, -0.2) is 39.2 Å². The summed E-state index contributed by atoms with van der Waals surface area (Å²) in [4.78, 5) is 10.4. The molecule has 1 saturated carbocycles. The van der Waals surface area contributed by atoms with Gasteiger partial charge < -0.3 is 5.11 Å². The molecule has 0 unspecified atom stereocenters. The van der Waals surface area contributed by atoms with Gasteiger partial charge in [0.05, 0.1) is 11.3 Å². The SMILES string of the molecule is CN(Cc1cnccn1)CC1(O)CCCC1. The summed E-state index contributed by atoms with van der Waals surface area (Å²) in [6.45, 7) is 1.47. The Morgan fingerprint density at radius 1 is 1.38 bits per heavy atom. The van der Waals surface area contributed by atoms with Crippen molar-refractivity contribution in [2.24, 2.45) is 0 Å². The van der Waals surface area contributed by atoms with Crippen molar-refractivity contribution in [2.45, 2.75) is 37.8 Å². The molecule has 4 heteroatoms. The van der Waals surface area contributed by atoms with Gasteiger partial charge in [-0.2, -0.15) is 0 Å². The highest BCUT2D eigenvalue weighted by molar-refractivity contribution is 4.95. The minimum Gasteiger partial charge on any atom is -0.389 e. The molecule has 0 bridgehead atoms. The minimum atomic E-state index is -0.475. The van der Waals surface area contributed by atoms with Crippen molar-refractivity contribution in [3.05, 3.63) is 24.3 Å². The van der Waals surface area contributed by atoms with Gasteiger partial charge in [0.25, 0.3) is 0 Å². The van der Waals surface area contributed by atoms with E-state index in [-0.39, 0.29) is 0 Å². The molecule has 1 aliphatic rings. The van der Waals surface area contributed by atoms with Crippen molar-refractivity contribution >= 4 is 0 Å². The molecule has 0 amide bonds. The minimum absolute atomic E-state index is 0.475. The van der Waals surface area contributed by atoms with Gasteiger partial charge in [0.15, 0.2) is 0 Å². The predicted octanol–water partition coefficient (Wildman–Crippen LogP) is 1.21. The molecule has 0 saturated heterocycles. The summed E-state index contributed by atoms with van der Waals surface area (Å²) in [5.41, 5.74) is 0.475. The van der Waals surface area contributed by atoms with Crippen LogP contribution in [0.5, 0.6) is 0 Å². The Morgan fingerprint density at radius 3 is 2.75 bits per heavy atom. The quantitative estimate of drug-likeness (QED) is 0.830. The van der Waals surface area contributed by atoms with E-state index in [1.165, 1.54) is 0 Å². The van der Waals surface area contributed by atoms with Crippen LogP contribution in [0.4, 0.5) is 0 Å². The maximum Gasteiger partial charge on any atom is 0.0774 e. The molecule has 1 aromatic rings. The maximum absolute atomic E-state index is 10.3. The lowest BCUT2D eigenvalue weighted by molar-refractivity contribution is 0.0142. The predicted molar refractivity (Wildman–Crippen MR) is 61.8 cm³/mol. The Bertz CT molecular complexity index is 322. The molecule has 1 N–H and O–H groups in total. The normalized spacial score (nSPS) is 19.2. The zero-order valence-corrected chi connectivity index (χ0v) is 9.76. The summed E-state index contributed by atoms with van der Waals surface area (Å²) in [6.07, 6.45) is 9.30. The highest BCUT2D eigenvalue weighted by Crippen LogP contribution is 2.30. The van der Waals surface area contributed by atoms with Crippen molar-refractivity contribution in [3.8, 4) is 0 Å². The topological polar surface area (TPSA) is 49.2 Å². The number of hydrogen-bond donors (Lipinski definition) is 1. The van der Waals surface area contributed by atoms with Gasteiger partial charge in [0.2, 0.25) is 0 Å². The molecule has 0 atom stereocenters. The molecule has 0 aromatic carbocycles. The molecular formula is C12H19N3O. The second-order valence-electron chi connectivity index (χ2n) is 4.80. The van der Waals surface area contributed by atoms with Crippen LogP contribution in [0, 0.1) is 0 Å². The van der Waals surface area contributed by atoms with Crippen molar-refractivity contribution in [1.82, 2.24) is 14.9 Å². The smallest absolute Gasteiger partial charge is 0.0774 e. The zero-order chi connectivity index (χ0) is 11.4. The van der Waals surface area contributed by atoms with Crippen molar-refractivity contribution in [1.29, 1.82) is 0 Å². The van der Waals surface area contributed by atoms with Crippen LogP contribution >= 0.6 is 0 Å². The van der Waals surface area contributed by atoms with E-state index >= 15 is 0 Å². The Kier molecular flexibility index (Phi) is 3.51. The van der Waals surface area contributed by atoms with Crippen molar-refractivity contribution in [2.75, 3.05) is 13.6 Å². The number of hydrogen-bond acceptors (Lipinski definition) is 4. The average Bonchev–Trinajstić information content (AvgIpc) is 2.66. The van der Waals surface area contributed by atoms with Crippen LogP contribution in [0.25, 0.3) is 0 Å². The summed E-state index contributed by atoms with van der Waals surface area (Å²) in [7, 11) is 2.02. The molecule has 1 aliphatic carbocycles. The molecule has 4 nitrogen and oxygen atoms in total. The fourth-order valence-electron chi connectivity index (χ4n) is 2.44. The highest BCUT2D eigenvalue weighted by Gasteiger charge is 2.32. The van der Waals surface area contributed by atoms with Gasteiger partial charge >= 0.3 is 0 Å². The first kappa shape index (κ1) is 11.5. The van der Waals surface area contributed by atoms with E-state index in [9.17, 15) is 5.11 Å². The number of nitrogens with zero attached hydrogens (tertiary/aromatic N) is 3. The first-order valence-corrected chi connectivity index (χ1v) is 5.84. The summed E-state index contributed by atoms with van der Waals surface area (Å²) in [5.74, 6) is 0. The maximum atomic E-state index is 10.3. The third-order valence-corrected chi connectivity index (χ3v) is 3.15. The fourth-order valence-corrected chi connectivity index (χ4v) is 2.44. The van der Waals surface area contributed by atoms with Crippen LogP contribution in [0.3, 0.4) is 0 Å². The van der Waals surface area contributed by atoms with Gasteiger partial charge in [-0.25, -0.2) is 0 Å². The lowest BCUT2D eigenvalue weighted by Gasteiger charge is -2.28. The second kappa shape index (κ2) is 4.89. The second-order valence-corrected chi connectivity index (χ2v) is 4.80. The molecular weight excluding hydrogens is 202 g/mol. The Hall–Kier alpha value is -1.00. The third-order valence-electron chi connectivity index (χ3n) is 3.15. The molecule has 16 heavy (non-hydrogen) atoms. The molecule has 88 valence electrons. The van der Waals surface area contributed by atoms with E-state index < -0.39 is 5.60 Å². The third kappa shape index (κ3) is 3.00. The molecule has 1 fully saturated rings. The van der Waals surface area contributed by atoms with E-state index in [2.05, 4.69) is 14.9 Å². The van der Waals surface area contributed by atoms with Crippen molar-refractivity contribution < 1.29 is 5.11 Å². The van der Waals surface area contributed by atoms with Crippen LogP contribution in [0.2, 0.25) is 0 Å². The first-order chi connectivity index (χ1) is 7.68. The molecule has 2 rings (SSSR count). The standard InChI is InChI=1S/C12H19N3O/c1-15(9-11-8-13-6-7-14-11)10-12(16)4-2-3-5-12/h6-8,16H,2-5,9-10H2,1H3. The average molecular weight is 221 g/mol. The van der Waals surface area contributed by atoms with Crippen LogP contribution in [0.1, 0.15) is 31.4 Å². The lowest BCUT2D eigenvalue weighted by Crippen LogP contribution is -2.38. The zero-order valence-electron chi connectivity index (χ0n) is 9.76. The van der Waals surface area contributed by atoms with Gasteiger partial charge in [0, 0.05) is 31.7 Å². The number of likely N-dealkylation sites (N-methyl/N-ethyl adjacent to an activating group) is 1. The van der Waals surface area contributed by atoms with Gasteiger partial charge in [-0.3, -0.25) is 14.9 Å². The van der Waals surface area contributed by atoms with E-state index in [4.69, 9.17) is 0 Å². The Labute approximate surface area is 96.3 Å². The lowest BCUT2D eigenvalue weighted by atomic mass is 10.0. The summed E-state index contributed by atoms with van der Waals surface area (Å²) in [6, 6.07) is 0. The monoisotopic (exact) mass is 221 g/mol. The summed E-state index contributed by atoms with van der Waals surface area (Å²) >= 11 is 0. The van der Waals surface area contributed by atoms with E-state index in [1.807, 2.05) is 7.05 Å². The van der Waals surface area contributed by atoms with Crippen LogP contribution in [-0.2, 0) is 6.54 Å². The van der Waals surface area contributed by atoms with Gasteiger partial charge in [-0.15, -0.1) is 0 Å². The number of aliphatic hydroxyl groups is 1. The van der Waals surface area contributed by atoms with Gasteiger partial charge in [0.1, 0.15) is 0 Å². The van der Waals surface area contributed by atoms with E-state index in [1.54, 1.807) is 18.6 Å². The summed E-state index contributed by atoms with van der Waals surface area (Å²) in [5, 5.41) is 10.3. The molecule has 1 aromatic heterocycles. The van der Waals surface area contributed by atoms with Crippen LogP contribution in [0.15, 0.2) is 18.6 Å². The fraction of sp³-hybridized carbons (Fsp3) is 0.667. The molecule has 0 aliphatic heterocycles. The van der Waals surface area contributed by atoms with Gasteiger partial charge in [-0.05, 0) is 19.9 Å². The Balaban J connectivity index is 1.86. The first-order valence-electron chi connectivity index (χ1n) is 5.84. The number of aromatic nitrogens is 2. The highest BCUT2D eigenvalue weighted by atomic mass is 16.3. The van der Waals surface area contributed by atoms with Crippen LogP contribution < -0.4 is 0 Å². The Morgan fingerprint density at radius 2 is 2.12 bits per heavy atom. The molecule has 0 spiro atoms. The number of rotatable bonds is 4. The summed E-state index contributed by atoms with van der Waals surface area (Å²) < 4.78 is 0. The van der Waals surface area contributed by atoms with Gasteiger partial charge in [-0.1, -0.05) is 12.8 Å².